The second-order valence-electron chi connectivity index (χ2n) is 3.42. The average molecular weight is 275 g/mol. The molecule has 2 aromatic rings. The summed E-state index contributed by atoms with van der Waals surface area (Å²) in [6.07, 6.45) is 0. The summed E-state index contributed by atoms with van der Waals surface area (Å²) >= 11 is 11.5. The minimum absolute atomic E-state index is 0.0394. The predicted octanol–water partition coefficient (Wildman–Crippen LogP) is 4.64. The molecule has 0 aliphatic heterocycles. The SMILES string of the molecule is Oc1c(Cl)ccc(-c2cc(F)cc(F)c2)c1Cl. The largest absolute Gasteiger partial charge is 0.505 e. The molecule has 17 heavy (non-hydrogen) atoms. The maximum absolute atomic E-state index is 13.1. The van der Waals surface area contributed by atoms with E-state index < -0.39 is 11.6 Å². The Morgan fingerprint density at radius 2 is 1.53 bits per heavy atom. The predicted molar refractivity (Wildman–Crippen MR) is 63.5 cm³/mol. The Balaban J connectivity index is 2.64. The Morgan fingerprint density at radius 3 is 2.12 bits per heavy atom. The van der Waals surface area contributed by atoms with Gasteiger partial charge in [-0.1, -0.05) is 29.3 Å². The Bertz CT molecular complexity index is 565. The highest BCUT2D eigenvalue weighted by atomic mass is 35.5. The van der Waals surface area contributed by atoms with Gasteiger partial charge in [0.25, 0.3) is 0 Å². The molecule has 0 aromatic heterocycles. The van der Waals surface area contributed by atoms with Gasteiger partial charge in [-0.3, -0.25) is 0 Å². The van der Waals surface area contributed by atoms with Gasteiger partial charge in [0.15, 0.2) is 5.75 Å². The second kappa shape index (κ2) is 4.51. The quantitative estimate of drug-likeness (QED) is 0.803. The maximum Gasteiger partial charge on any atom is 0.153 e. The Kier molecular flexibility index (Phi) is 3.22. The molecule has 0 saturated heterocycles. The van der Waals surface area contributed by atoms with E-state index >= 15 is 0 Å². The molecule has 0 unspecified atom stereocenters. The molecule has 1 N–H and O–H groups in total. The van der Waals surface area contributed by atoms with Crippen molar-refractivity contribution >= 4 is 23.2 Å². The van der Waals surface area contributed by atoms with Crippen molar-refractivity contribution < 1.29 is 13.9 Å². The van der Waals surface area contributed by atoms with Crippen LogP contribution in [-0.4, -0.2) is 5.11 Å². The summed E-state index contributed by atoms with van der Waals surface area (Å²) in [4.78, 5) is 0. The number of benzene rings is 2. The van der Waals surface area contributed by atoms with Crippen LogP contribution in [0.1, 0.15) is 0 Å². The van der Waals surface area contributed by atoms with Gasteiger partial charge in [-0.15, -0.1) is 0 Å². The van der Waals surface area contributed by atoms with E-state index in [1.165, 1.54) is 12.1 Å². The zero-order valence-electron chi connectivity index (χ0n) is 8.35. The van der Waals surface area contributed by atoms with E-state index in [9.17, 15) is 13.9 Å². The van der Waals surface area contributed by atoms with Gasteiger partial charge in [0.1, 0.15) is 11.6 Å². The van der Waals surface area contributed by atoms with Gasteiger partial charge in [0, 0.05) is 11.6 Å². The van der Waals surface area contributed by atoms with Crippen LogP contribution in [0.2, 0.25) is 10.0 Å². The zero-order valence-corrected chi connectivity index (χ0v) is 9.86. The van der Waals surface area contributed by atoms with Crippen LogP contribution in [0.3, 0.4) is 0 Å². The zero-order chi connectivity index (χ0) is 12.6. The molecule has 2 aromatic carbocycles. The van der Waals surface area contributed by atoms with Gasteiger partial charge in [-0.25, -0.2) is 8.78 Å². The van der Waals surface area contributed by atoms with Crippen molar-refractivity contribution in [2.24, 2.45) is 0 Å². The summed E-state index contributed by atoms with van der Waals surface area (Å²) in [5, 5.41) is 9.58. The third-order valence-electron chi connectivity index (χ3n) is 2.24. The van der Waals surface area contributed by atoms with Crippen molar-refractivity contribution in [1.29, 1.82) is 0 Å². The first kappa shape index (κ1) is 12.1. The molecule has 2 rings (SSSR count). The van der Waals surface area contributed by atoms with E-state index in [1.807, 2.05) is 0 Å². The second-order valence-corrected chi connectivity index (χ2v) is 4.20. The van der Waals surface area contributed by atoms with Crippen molar-refractivity contribution in [3.63, 3.8) is 0 Å². The lowest BCUT2D eigenvalue weighted by molar-refractivity contribution is 0.476. The number of phenols is 1. The van der Waals surface area contributed by atoms with Gasteiger partial charge < -0.3 is 5.11 Å². The highest BCUT2D eigenvalue weighted by Crippen LogP contribution is 2.39. The number of hydrogen-bond acceptors (Lipinski definition) is 1. The minimum atomic E-state index is -0.717. The summed E-state index contributed by atoms with van der Waals surface area (Å²) in [5.74, 6) is -1.74. The molecule has 0 heterocycles. The summed E-state index contributed by atoms with van der Waals surface area (Å²) in [6.45, 7) is 0. The highest BCUT2D eigenvalue weighted by molar-refractivity contribution is 6.38. The van der Waals surface area contributed by atoms with Crippen molar-refractivity contribution in [2.75, 3.05) is 0 Å². The van der Waals surface area contributed by atoms with Crippen LogP contribution >= 0.6 is 23.2 Å². The van der Waals surface area contributed by atoms with E-state index in [2.05, 4.69) is 0 Å². The molecule has 0 aliphatic rings. The van der Waals surface area contributed by atoms with Crippen LogP contribution in [0.15, 0.2) is 30.3 Å². The third-order valence-corrected chi connectivity index (χ3v) is 2.93. The molecule has 5 heteroatoms. The summed E-state index contributed by atoms with van der Waals surface area (Å²) < 4.78 is 26.1. The molecule has 88 valence electrons. The first-order valence-corrected chi connectivity index (χ1v) is 5.38. The summed E-state index contributed by atoms with van der Waals surface area (Å²) in [5.41, 5.74) is 0.548. The third kappa shape index (κ3) is 2.35. The van der Waals surface area contributed by atoms with Crippen LogP contribution in [0.4, 0.5) is 8.78 Å². The number of phenolic OH excluding ortho intramolecular Hbond substituents is 1. The van der Waals surface area contributed by atoms with E-state index in [0.717, 1.165) is 18.2 Å². The van der Waals surface area contributed by atoms with Crippen molar-refractivity contribution in [3.05, 3.63) is 52.0 Å². The van der Waals surface area contributed by atoms with Gasteiger partial charge in [-0.2, -0.15) is 0 Å². The maximum atomic E-state index is 13.1. The molecule has 0 aliphatic carbocycles. The normalized spacial score (nSPS) is 10.6. The molecule has 0 saturated carbocycles. The van der Waals surface area contributed by atoms with Crippen molar-refractivity contribution in [2.45, 2.75) is 0 Å². The molecule has 0 spiro atoms. The monoisotopic (exact) mass is 274 g/mol. The summed E-state index contributed by atoms with van der Waals surface area (Å²) in [7, 11) is 0. The first-order valence-electron chi connectivity index (χ1n) is 4.62. The number of aromatic hydroxyl groups is 1. The molecule has 0 amide bonds. The fourth-order valence-corrected chi connectivity index (χ4v) is 1.95. The van der Waals surface area contributed by atoms with E-state index in [0.29, 0.717) is 5.56 Å². The lowest BCUT2D eigenvalue weighted by atomic mass is 10.0. The van der Waals surface area contributed by atoms with E-state index in [-0.39, 0.29) is 21.4 Å². The van der Waals surface area contributed by atoms with Crippen molar-refractivity contribution in [3.8, 4) is 16.9 Å². The number of hydrogen-bond donors (Lipinski definition) is 1. The standard InChI is InChI=1S/C12H6Cl2F2O/c13-10-2-1-9(11(14)12(10)17)6-3-7(15)5-8(16)4-6/h1-5,17H. The Morgan fingerprint density at radius 1 is 0.941 bits per heavy atom. The van der Waals surface area contributed by atoms with Gasteiger partial charge in [-0.05, 0) is 23.8 Å². The average Bonchev–Trinajstić information content (AvgIpc) is 2.24. The Hall–Kier alpha value is -1.32. The van der Waals surface area contributed by atoms with Crippen LogP contribution in [0.5, 0.6) is 5.75 Å². The molecule has 0 bridgehead atoms. The number of rotatable bonds is 1. The lowest BCUT2D eigenvalue weighted by Crippen LogP contribution is -1.86. The van der Waals surface area contributed by atoms with Crippen LogP contribution < -0.4 is 0 Å². The van der Waals surface area contributed by atoms with Crippen molar-refractivity contribution in [1.82, 2.24) is 0 Å². The molecular formula is C12H6Cl2F2O. The summed E-state index contributed by atoms with van der Waals surface area (Å²) in [6, 6.07) is 5.89. The smallest absolute Gasteiger partial charge is 0.153 e. The van der Waals surface area contributed by atoms with Crippen LogP contribution in [-0.2, 0) is 0 Å². The molecule has 0 fully saturated rings. The highest BCUT2D eigenvalue weighted by Gasteiger charge is 2.12. The van der Waals surface area contributed by atoms with Gasteiger partial charge in [0.2, 0.25) is 0 Å². The molecular weight excluding hydrogens is 269 g/mol. The Labute approximate surface area is 106 Å². The molecule has 1 nitrogen and oxygen atoms in total. The fourth-order valence-electron chi connectivity index (χ4n) is 1.47. The van der Waals surface area contributed by atoms with Gasteiger partial charge >= 0.3 is 0 Å². The van der Waals surface area contributed by atoms with Gasteiger partial charge in [0.05, 0.1) is 10.0 Å². The topological polar surface area (TPSA) is 20.2 Å². The number of halogens is 4. The minimum Gasteiger partial charge on any atom is -0.505 e. The fraction of sp³-hybridized carbons (Fsp3) is 0. The molecule has 0 radical (unpaired) electrons. The van der Waals surface area contributed by atoms with Crippen LogP contribution in [0.25, 0.3) is 11.1 Å². The first-order chi connectivity index (χ1) is 7.99. The van der Waals surface area contributed by atoms with E-state index in [1.54, 1.807) is 0 Å². The van der Waals surface area contributed by atoms with E-state index in [4.69, 9.17) is 23.2 Å². The lowest BCUT2D eigenvalue weighted by Gasteiger charge is -2.07. The van der Waals surface area contributed by atoms with Crippen LogP contribution in [0, 0.1) is 11.6 Å². The molecule has 0 atom stereocenters.